The van der Waals surface area contributed by atoms with E-state index in [9.17, 15) is 19.1 Å². The lowest BCUT2D eigenvalue weighted by Crippen LogP contribution is -2.59. The first kappa shape index (κ1) is 30.6. The number of carbonyl (C=O) groups excluding carboxylic acids is 1. The highest BCUT2D eigenvalue weighted by Crippen LogP contribution is 2.36. The number of hydrogen-bond donors (Lipinski definition) is 2. The van der Waals surface area contributed by atoms with Crippen LogP contribution in [0.3, 0.4) is 0 Å². The molecule has 2 aliphatic rings. The number of rotatable bonds is 5. The highest BCUT2D eigenvalue weighted by molar-refractivity contribution is 6.08. The molecule has 3 aromatic heterocycles. The summed E-state index contributed by atoms with van der Waals surface area (Å²) in [5.74, 6) is -0.982. The number of piperazine rings is 1. The van der Waals surface area contributed by atoms with Crippen molar-refractivity contribution in [1.82, 2.24) is 29.4 Å². The van der Waals surface area contributed by atoms with Crippen molar-refractivity contribution in [3.8, 4) is 0 Å². The molecule has 4 aromatic rings. The van der Waals surface area contributed by atoms with E-state index in [0.717, 1.165) is 12.8 Å². The normalized spacial score (nSPS) is 21.0. The molecule has 3 atom stereocenters. The lowest BCUT2D eigenvalue weighted by Gasteiger charge is -2.45. The van der Waals surface area contributed by atoms with Crippen molar-refractivity contribution in [3.63, 3.8) is 0 Å². The van der Waals surface area contributed by atoms with E-state index in [4.69, 9.17) is 19.6 Å². The molecule has 1 amide bonds. The molecule has 2 aliphatic heterocycles. The molecule has 240 valence electrons. The zero-order chi connectivity index (χ0) is 32.2. The van der Waals surface area contributed by atoms with E-state index in [0.29, 0.717) is 54.0 Å². The smallest absolute Gasteiger partial charge is 0.410 e. The number of halogens is 1. The Morgan fingerprint density at radius 1 is 1.11 bits per heavy atom. The minimum Gasteiger partial charge on any atom is -0.478 e. The Bertz CT molecular complexity index is 1760. The molecule has 13 nitrogen and oxygen atoms in total. The topological polar surface area (TPSA) is 140 Å². The van der Waals surface area contributed by atoms with Gasteiger partial charge in [0.15, 0.2) is 23.5 Å². The van der Waals surface area contributed by atoms with Gasteiger partial charge in [0.05, 0.1) is 23.0 Å². The molecule has 0 spiro atoms. The van der Waals surface area contributed by atoms with Gasteiger partial charge in [-0.15, -0.1) is 5.10 Å². The minimum absolute atomic E-state index is 0.00244. The second kappa shape index (κ2) is 11.5. The predicted molar refractivity (Wildman–Crippen MR) is 166 cm³/mol. The third-order valence-corrected chi connectivity index (χ3v) is 8.09. The maximum Gasteiger partial charge on any atom is 0.410 e. The average Bonchev–Trinajstić information content (AvgIpc) is 3.51. The number of anilines is 3. The van der Waals surface area contributed by atoms with Crippen molar-refractivity contribution >= 4 is 51.3 Å². The standard InChI is InChI=1S/C31H39FN8O5/c1-17-14-38(15-18(2)39(17)30(43)45-31(3,4)5)23-13-21(29(41)42)25-27(36-40(28(25)34-23)24-9-7-8-10-44-24)33-20-11-19-16-37(6)35-26(19)22(32)12-20/h11-13,16-18,24H,7-10,14-15H2,1-6H3,(H,33,36)(H,41,42)/t17-,18-,24?/m0/s1. The molecule has 1 aromatic carbocycles. The lowest BCUT2D eigenvalue weighted by molar-refractivity contribution is -0.0368. The van der Waals surface area contributed by atoms with Crippen LogP contribution in [0.2, 0.25) is 0 Å². The van der Waals surface area contributed by atoms with Gasteiger partial charge in [-0.3, -0.25) is 9.58 Å². The molecule has 1 unspecified atom stereocenters. The van der Waals surface area contributed by atoms with Gasteiger partial charge < -0.3 is 24.8 Å². The van der Waals surface area contributed by atoms with Crippen molar-refractivity contribution < 1.29 is 28.6 Å². The van der Waals surface area contributed by atoms with E-state index in [1.54, 1.807) is 28.9 Å². The summed E-state index contributed by atoms with van der Waals surface area (Å²) in [5, 5.41) is 23.4. The van der Waals surface area contributed by atoms with Gasteiger partial charge in [-0.1, -0.05) is 0 Å². The first-order chi connectivity index (χ1) is 21.3. The number of carboxylic acids is 1. The second-order valence-electron chi connectivity index (χ2n) is 13.0. The van der Waals surface area contributed by atoms with E-state index >= 15 is 0 Å². The van der Waals surface area contributed by atoms with E-state index in [1.807, 2.05) is 39.5 Å². The Morgan fingerprint density at radius 2 is 1.84 bits per heavy atom. The predicted octanol–water partition coefficient (Wildman–Crippen LogP) is 5.43. The highest BCUT2D eigenvalue weighted by Gasteiger charge is 2.37. The van der Waals surface area contributed by atoms with Crippen LogP contribution in [0, 0.1) is 5.82 Å². The third kappa shape index (κ3) is 5.98. The fourth-order valence-electron chi connectivity index (χ4n) is 6.26. The summed E-state index contributed by atoms with van der Waals surface area (Å²) in [7, 11) is 1.72. The number of aromatic carboxylic acids is 1. The number of nitrogens with zero attached hydrogens (tertiary/aromatic N) is 7. The number of hydrogen-bond acceptors (Lipinski definition) is 9. The van der Waals surface area contributed by atoms with Crippen molar-refractivity contribution in [1.29, 1.82) is 0 Å². The lowest BCUT2D eigenvalue weighted by atomic mass is 10.1. The maximum absolute atomic E-state index is 15.0. The first-order valence-electron chi connectivity index (χ1n) is 15.2. The number of benzene rings is 1. The Labute approximate surface area is 259 Å². The highest BCUT2D eigenvalue weighted by atomic mass is 19.1. The Hall–Kier alpha value is -4.46. The van der Waals surface area contributed by atoms with Crippen LogP contribution >= 0.6 is 0 Å². The number of nitrogens with one attached hydrogen (secondary N) is 1. The zero-order valence-electron chi connectivity index (χ0n) is 26.4. The van der Waals surface area contributed by atoms with Crippen LogP contribution < -0.4 is 10.2 Å². The van der Waals surface area contributed by atoms with Crippen molar-refractivity contribution in [2.45, 2.75) is 77.8 Å². The van der Waals surface area contributed by atoms with E-state index in [-0.39, 0.29) is 35.1 Å². The Balaban J connectivity index is 1.41. The number of aromatic nitrogens is 5. The number of carboxylic acid groups (broad SMARTS) is 1. The molecule has 45 heavy (non-hydrogen) atoms. The van der Waals surface area contributed by atoms with Gasteiger partial charge in [-0.2, -0.15) is 5.10 Å². The van der Waals surface area contributed by atoms with Gasteiger partial charge in [0.25, 0.3) is 0 Å². The summed E-state index contributed by atoms with van der Waals surface area (Å²) in [6, 6.07) is 4.14. The molecule has 2 saturated heterocycles. The molecule has 0 radical (unpaired) electrons. The number of pyridine rings is 1. The van der Waals surface area contributed by atoms with Gasteiger partial charge in [-0.25, -0.2) is 23.6 Å². The SMILES string of the molecule is C[C@H]1CN(c2cc(C(=O)O)c3c(Nc4cc(F)c5nn(C)cc5c4)nn(C4CCCCO4)c3n2)C[C@H](C)N1C(=O)OC(C)(C)C. The quantitative estimate of drug-likeness (QED) is 0.296. The molecule has 0 bridgehead atoms. The van der Waals surface area contributed by atoms with Crippen LogP contribution in [0.25, 0.3) is 21.9 Å². The number of fused-ring (bicyclic) bond motifs is 2. The van der Waals surface area contributed by atoms with Crippen LogP contribution in [0.4, 0.5) is 26.5 Å². The van der Waals surface area contributed by atoms with Crippen LogP contribution in [0.15, 0.2) is 24.4 Å². The third-order valence-electron chi connectivity index (χ3n) is 8.09. The Kier molecular flexibility index (Phi) is 7.79. The molecule has 6 rings (SSSR count). The van der Waals surface area contributed by atoms with Crippen molar-refractivity contribution in [2.75, 3.05) is 29.9 Å². The molecule has 0 saturated carbocycles. The van der Waals surface area contributed by atoms with Crippen LogP contribution in [0.5, 0.6) is 0 Å². The summed E-state index contributed by atoms with van der Waals surface area (Å²) < 4.78 is 29.8. The van der Waals surface area contributed by atoms with Gasteiger partial charge in [0.2, 0.25) is 0 Å². The van der Waals surface area contributed by atoms with Crippen LogP contribution in [0.1, 0.15) is 70.5 Å². The first-order valence-corrected chi connectivity index (χ1v) is 15.2. The van der Waals surface area contributed by atoms with Crippen LogP contribution in [-0.2, 0) is 16.5 Å². The summed E-state index contributed by atoms with van der Waals surface area (Å²) >= 11 is 0. The number of amides is 1. The van der Waals surface area contributed by atoms with E-state index < -0.39 is 23.6 Å². The molecular weight excluding hydrogens is 583 g/mol. The van der Waals surface area contributed by atoms with E-state index in [1.165, 1.54) is 16.8 Å². The summed E-state index contributed by atoms with van der Waals surface area (Å²) in [6.07, 6.45) is 3.40. The second-order valence-corrected chi connectivity index (χ2v) is 13.0. The molecule has 2 N–H and O–H groups in total. The monoisotopic (exact) mass is 622 g/mol. The van der Waals surface area contributed by atoms with Gasteiger partial charge in [-0.05, 0) is 72.1 Å². The largest absolute Gasteiger partial charge is 0.478 e. The molecule has 2 fully saturated rings. The fraction of sp³-hybridized carbons (Fsp3) is 0.516. The van der Waals surface area contributed by atoms with Crippen LogP contribution in [-0.4, -0.2) is 84.0 Å². The van der Waals surface area contributed by atoms with Crippen molar-refractivity contribution in [3.05, 3.63) is 35.8 Å². The van der Waals surface area contributed by atoms with Gasteiger partial charge in [0.1, 0.15) is 16.9 Å². The maximum atomic E-state index is 15.0. The fourth-order valence-corrected chi connectivity index (χ4v) is 6.26. The number of aryl methyl sites for hydroxylation is 1. The Morgan fingerprint density at radius 3 is 2.49 bits per heavy atom. The molecule has 5 heterocycles. The number of carbonyl (C=O) groups is 2. The summed E-state index contributed by atoms with van der Waals surface area (Å²) in [6.45, 7) is 10.8. The zero-order valence-corrected chi connectivity index (χ0v) is 26.4. The van der Waals surface area contributed by atoms with Gasteiger partial charge >= 0.3 is 12.1 Å². The minimum atomic E-state index is -1.15. The summed E-state index contributed by atoms with van der Waals surface area (Å²) in [5.41, 5.74) is 0.346. The van der Waals surface area contributed by atoms with Gasteiger partial charge in [0, 0.05) is 44.0 Å². The molecule has 0 aliphatic carbocycles. The molecular formula is C31H39FN8O5. The number of ether oxygens (including phenoxy) is 2. The van der Waals surface area contributed by atoms with E-state index in [2.05, 4.69) is 10.4 Å². The average molecular weight is 623 g/mol. The van der Waals surface area contributed by atoms with Crippen molar-refractivity contribution in [2.24, 2.45) is 7.05 Å². The molecule has 14 heteroatoms. The summed E-state index contributed by atoms with van der Waals surface area (Å²) in [4.78, 5) is 34.5.